The van der Waals surface area contributed by atoms with Crippen molar-refractivity contribution in [1.82, 2.24) is 0 Å². The minimum Gasteiger partial charge on any atom is -0.423 e. The molecule has 0 amide bonds. The van der Waals surface area contributed by atoms with Crippen molar-refractivity contribution in [2.24, 2.45) is 0 Å². The first kappa shape index (κ1) is 14.7. The molecule has 0 bridgehead atoms. The summed E-state index contributed by atoms with van der Waals surface area (Å²) in [4.78, 5) is 32.2. The lowest BCUT2D eigenvalue weighted by atomic mass is 10.2. The Balaban J connectivity index is 2.56. The zero-order chi connectivity index (χ0) is 14.3. The van der Waals surface area contributed by atoms with Crippen LogP contribution in [0.25, 0.3) is 0 Å². The van der Waals surface area contributed by atoms with Gasteiger partial charge in [-0.05, 0) is 24.3 Å². The van der Waals surface area contributed by atoms with Gasteiger partial charge in [0.1, 0.15) is 6.29 Å². The van der Waals surface area contributed by atoms with Crippen LogP contribution in [-0.2, 0) is 19.1 Å². The molecule has 0 aliphatic carbocycles. The first-order valence-corrected chi connectivity index (χ1v) is 5.65. The summed E-state index contributed by atoms with van der Waals surface area (Å²) < 4.78 is 9.65. The van der Waals surface area contributed by atoms with E-state index in [2.05, 4.69) is 5.32 Å². The van der Waals surface area contributed by atoms with Gasteiger partial charge in [0.15, 0.2) is 0 Å². The van der Waals surface area contributed by atoms with Crippen LogP contribution in [0, 0.1) is 0 Å². The Labute approximate surface area is 110 Å². The highest BCUT2D eigenvalue weighted by molar-refractivity contribution is 5.75. The van der Waals surface area contributed by atoms with Gasteiger partial charge in [0.25, 0.3) is 6.29 Å². The Morgan fingerprint density at radius 2 is 1.68 bits per heavy atom. The van der Waals surface area contributed by atoms with E-state index in [1.807, 2.05) is 0 Å². The molecule has 1 aromatic rings. The van der Waals surface area contributed by atoms with Crippen LogP contribution in [0.1, 0.15) is 24.2 Å². The molecule has 0 aliphatic rings. The molecule has 0 radical (unpaired) electrons. The number of hydrogen-bond acceptors (Lipinski definition) is 6. The molecule has 0 saturated heterocycles. The van der Waals surface area contributed by atoms with Crippen molar-refractivity contribution in [3.8, 4) is 0 Å². The molecule has 0 aliphatic heterocycles. The highest BCUT2D eigenvalue weighted by atomic mass is 16.7. The minimum absolute atomic E-state index is 0.125. The quantitative estimate of drug-likeness (QED) is 0.475. The second-order valence-electron chi connectivity index (χ2n) is 3.77. The van der Waals surface area contributed by atoms with E-state index in [9.17, 15) is 14.4 Å². The van der Waals surface area contributed by atoms with Crippen LogP contribution in [0.15, 0.2) is 24.3 Å². The number of carbonyl (C=O) groups excluding carboxylic acids is 3. The van der Waals surface area contributed by atoms with Crippen molar-refractivity contribution >= 4 is 23.9 Å². The van der Waals surface area contributed by atoms with Gasteiger partial charge in [0.2, 0.25) is 0 Å². The predicted octanol–water partition coefficient (Wildman–Crippen LogP) is 1.36. The van der Waals surface area contributed by atoms with Crippen molar-refractivity contribution in [3.63, 3.8) is 0 Å². The maximum absolute atomic E-state index is 10.9. The maximum Gasteiger partial charge on any atom is 0.305 e. The van der Waals surface area contributed by atoms with Gasteiger partial charge in [-0.25, -0.2) is 0 Å². The van der Waals surface area contributed by atoms with Crippen molar-refractivity contribution in [1.29, 1.82) is 0 Å². The van der Waals surface area contributed by atoms with E-state index in [1.165, 1.54) is 13.8 Å². The van der Waals surface area contributed by atoms with Crippen LogP contribution >= 0.6 is 0 Å². The first-order chi connectivity index (χ1) is 9.01. The predicted molar refractivity (Wildman–Crippen MR) is 67.6 cm³/mol. The third-order valence-corrected chi connectivity index (χ3v) is 2.11. The summed E-state index contributed by atoms with van der Waals surface area (Å²) >= 11 is 0. The molecular formula is C13H15NO5. The molecule has 1 aromatic carbocycles. The number of ether oxygens (including phenoxy) is 2. The van der Waals surface area contributed by atoms with Gasteiger partial charge in [-0.3, -0.25) is 14.4 Å². The Morgan fingerprint density at radius 1 is 1.16 bits per heavy atom. The van der Waals surface area contributed by atoms with E-state index in [4.69, 9.17) is 9.47 Å². The van der Waals surface area contributed by atoms with E-state index in [0.29, 0.717) is 5.56 Å². The number of aldehydes is 1. The summed E-state index contributed by atoms with van der Waals surface area (Å²) in [6, 6.07) is 6.68. The topological polar surface area (TPSA) is 81.7 Å². The smallest absolute Gasteiger partial charge is 0.305 e. The highest BCUT2D eigenvalue weighted by Gasteiger charge is 2.14. The lowest BCUT2D eigenvalue weighted by Crippen LogP contribution is -2.29. The molecular weight excluding hydrogens is 250 g/mol. The highest BCUT2D eigenvalue weighted by Crippen LogP contribution is 2.09. The van der Waals surface area contributed by atoms with E-state index in [1.54, 1.807) is 24.3 Å². The number of benzene rings is 1. The molecule has 0 fully saturated rings. The van der Waals surface area contributed by atoms with Crippen LogP contribution in [0.5, 0.6) is 0 Å². The average molecular weight is 265 g/mol. The number of rotatable bonds is 6. The van der Waals surface area contributed by atoms with Crippen LogP contribution in [0.3, 0.4) is 0 Å². The third kappa shape index (κ3) is 5.67. The minimum atomic E-state index is -0.985. The van der Waals surface area contributed by atoms with Gasteiger partial charge in [-0.2, -0.15) is 0 Å². The molecule has 0 spiro atoms. The van der Waals surface area contributed by atoms with Gasteiger partial charge in [-0.1, -0.05) is 0 Å². The molecule has 1 N–H and O–H groups in total. The molecule has 6 heteroatoms. The average Bonchev–Trinajstić information content (AvgIpc) is 2.35. The molecule has 102 valence electrons. The lowest BCUT2D eigenvalue weighted by Gasteiger charge is -2.17. The summed E-state index contributed by atoms with van der Waals surface area (Å²) in [6.07, 6.45) is -0.245. The number of esters is 2. The zero-order valence-electron chi connectivity index (χ0n) is 10.7. The van der Waals surface area contributed by atoms with Crippen LogP contribution in [0.2, 0.25) is 0 Å². The molecule has 0 unspecified atom stereocenters. The monoisotopic (exact) mass is 265 g/mol. The zero-order valence-corrected chi connectivity index (χ0v) is 10.7. The second kappa shape index (κ2) is 7.15. The largest absolute Gasteiger partial charge is 0.423 e. The fourth-order valence-electron chi connectivity index (χ4n) is 1.36. The Hall–Kier alpha value is -2.37. The standard InChI is InChI=1S/C13H15NO5/c1-9(16)18-13(19-10(2)17)7-14-12-5-3-11(8-15)4-6-12/h3-6,8,13-14H,7H2,1-2H3. The van der Waals surface area contributed by atoms with Gasteiger partial charge < -0.3 is 14.8 Å². The molecule has 0 atom stereocenters. The summed E-state index contributed by atoms with van der Waals surface area (Å²) in [5.41, 5.74) is 1.27. The van der Waals surface area contributed by atoms with Crippen molar-refractivity contribution in [2.75, 3.05) is 11.9 Å². The molecule has 1 rings (SSSR count). The lowest BCUT2D eigenvalue weighted by molar-refractivity contribution is -0.182. The normalized spacial score (nSPS) is 9.84. The van der Waals surface area contributed by atoms with Crippen molar-refractivity contribution < 1.29 is 23.9 Å². The van der Waals surface area contributed by atoms with E-state index in [0.717, 1.165) is 12.0 Å². The summed E-state index contributed by atoms with van der Waals surface area (Å²) in [5.74, 6) is -1.08. The van der Waals surface area contributed by atoms with E-state index in [-0.39, 0.29) is 6.54 Å². The van der Waals surface area contributed by atoms with E-state index >= 15 is 0 Å². The fourth-order valence-corrected chi connectivity index (χ4v) is 1.36. The number of carbonyl (C=O) groups is 3. The van der Waals surface area contributed by atoms with E-state index < -0.39 is 18.2 Å². The van der Waals surface area contributed by atoms with Gasteiger partial charge in [0, 0.05) is 25.1 Å². The van der Waals surface area contributed by atoms with Crippen molar-refractivity contribution in [2.45, 2.75) is 20.1 Å². The summed E-state index contributed by atoms with van der Waals surface area (Å²) in [5, 5.41) is 2.94. The molecule has 0 saturated carbocycles. The number of nitrogens with one attached hydrogen (secondary N) is 1. The first-order valence-electron chi connectivity index (χ1n) is 5.65. The molecule has 6 nitrogen and oxygen atoms in total. The Kier molecular flexibility index (Phi) is 5.53. The summed E-state index contributed by atoms with van der Waals surface area (Å²) in [6.45, 7) is 2.59. The van der Waals surface area contributed by atoms with Crippen LogP contribution < -0.4 is 5.32 Å². The Morgan fingerprint density at radius 3 is 2.11 bits per heavy atom. The summed E-state index contributed by atoms with van der Waals surface area (Å²) in [7, 11) is 0. The second-order valence-corrected chi connectivity index (χ2v) is 3.77. The van der Waals surface area contributed by atoms with Crippen LogP contribution in [0.4, 0.5) is 5.69 Å². The fraction of sp³-hybridized carbons (Fsp3) is 0.308. The maximum atomic E-state index is 10.9. The van der Waals surface area contributed by atoms with Gasteiger partial charge in [0.05, 0.1) is 6.54 Å². The number of hydrogen-bond donors (Lipinski definition) is 1. The SMILES string of the molecule is CC(=O)OC(CNc1ccc(C=O)cc1)OC(C)=O. The van der Waals surface area contributed by atoms with Gasteiger partial charge in [-0.15, -0.1) is 0 Å². The molecule has 0 heterocycles. The molecule has 0 aromatic heterocycles. The van der Waals surface area contributed by atoms with Gasteiger partial charge >= 0.3 is 11.9 Å². The Bertz CT molecular complexity index is 439. The molecule has 19 heavy (non-hydrogen) atoms. The van der Waals surface area contributed by atoms with Crippen LogP contribution in [-0.4, -0.2) is 31.1 Å². The number of anilines is 1. The third-order valence-electron chi connectivity index (χ3n) is 2.11. The van der Waals surface area contributed by atoms with Crippen molar-refractivity contribution in [3.05, 3.63) is 29.8 Å².